The van der Waals surface area contributed by atoms with E-state index in [-0.39, 0.29) is 42.2 Å². The van der Waals surface area contributed by atoms with Gasteiger partial charge in [0.1, 0.15) is 11.3 Å². The van der Waals surface area contributed by atoms with E-state index < -0.39 is 11.3 Å². The molecule has 9 heteroatoms. The summed E-state index contributed by atoms with van der Waals surface area (Å²) in [6.45, 7) is 16.9. The fourth-order valence-corrected chi connectivity index (χ4v) is 3.76. The van der Waals surface area contributed by atoms with Gasteiger partial charge in [-0.15, -0.1) is 24.0 Å². The minimum absolute atomic E-state index is 0. The highest BCUT2D eigenvalue weighted by Gasteiger charge is 2.49. The van der Waals surface area contributed by atoms with Crippen LogP contribution in [0.5, 0.6) is 0 Å². The van der Waals surface area contributed by atoms with Crippen LogP contribution in [0.25, 0.3) is 0 Å². The number of nitrogens with zero attached hydrogens (tertiary/aromatic N) is 2. The van der Waals surface area contributed by atoms with Gasteiger partial charge in [0.15, 0.2) is 5.96 Å². The van der Waals surface area contributed by atoms with Gasteiger partial charge in [0.2, 0.25) is 0 Å². The molecular weight excluding hydrogens is 511 g/mol. The van der Waals surface area contributed by atoms with Crippen LogP contribution in [-0.4, -0.2) is 73.3 Å². The fourth-order valence-electron chi connectivity index (χ4n) is 3.76. The van der Waals surface area contributed by atoms with Crippen LogP contribution in [-0.2, 0) is 14.2 Å². The van der Waals surface area contributed by atoms with Crippen molar-refractivity contribution in [1.82, 2.24) is 15.5 Å². The van der Waals surface area contributed by atoms with Crippen LogP contribution in [0.4, 0.5) is 4.79 Å². The number of carbonyl (C=O) groups excluding carboxylic acids is 1. The molecule has 0 aromatic heterocycles. The Bertz CT molecular complexity index is 646. The quantitative estimate of drug-likeness (QED) is 0.227. The van der Waals surface area contributed by atoms with E-state index >= 15 is 0 Å². The summed E-state index contributed by atoms with van der Waals surface area (Å²) in [6.07, 6.45) is 3.60. The van der Waals surface area contributed by atoms with Gasteiger partial charge in [-0.2, -0.15) is 0 Å². The Balaban J connectivity index is 0.00000480. The fraction of sp³-hybridized carbons (Fsp3) is 0.818. The minimum Gasteiger partial charge on any atom is -0.444 e. The maximum atomic E-state index is 12.9. The smallest absolute Gasteiger partial charge is 0.412 e. The Kier molecular flexibility index (Phi) is 11.0. The zero-order chi connectivity index (χ0) is 22.4. The average Bonchev–Trinajstić information content (AvgIpc) is 2.87. The number of guanidine groups is 1. The first kappa shape index (κ1) is 28.0. The van der Waals surface area contributed by atoms with Gasteiger partial charge < -0.3 is 24.8 Å². The van der Waals surface area contributed by atoms with Gasteiger partial charge in [-0.1, -0.05) is 11.6 Å². The summed E-state index contributed by atoms with van der Waals surface area (Å²) in [7, 11) is 0. The molecule has 2 rings (SSSR count). The molecule has 31 heavy (non-hydrogen) atoms. The lowest BCUT2D eigenvalue weighted by atomic mass is 10.1. The second-order valence-electron chi connectivity index (χ2n) is 9.27. The highest BCUT2D eigenvalue weighted by molar-refractivity contribution is 14.0. The highest BCUT2D eigenvalue weighted by Crippen LogP contribution is 2.33. The monoisotopic (exact) mass is 552 g/mol. The summed E-state index contributed by atoms with van der Waals surface area (Å²) in [5.74, 6) is 0.742. The molecule has 0 radical (unpaired) electrons. The molecule has 1 saturated heterocycles. The predicted octanol–water partition coefficient (Wildman–Crippen LogP) is 3.66. The maximum Gasteiger partial charge on any atom is 0.412 e. The Morgan fingerprint density at radius 1 is 1.35 bits per heavy atom. The van der Waals surface area contributed by atoms with Crippen molar-refractivity contribution < 1.29 is 19.0 Å². The first-order chi connectivity index (χ1) is 14.0. The second kappa shape index (κ2) is 12.2. The zero-order valence-corrected chi connectivity index (χ0v) is 22.4. The molecule has 2 atom stereocenters. The van der Waals surface area contributed by atoms with E-state index in [1.54, 1.807) is 4.90 Å². The van der Waals surface area contributed by atoms with Crippen LogP contribution in [0.2, 0.25) is 0 Å². The number of ether oxygens (including phenoxy) is 3. The summed E-state index contributed by atoms with van der Waals surface area (Å²) >= 11 is 0. The summed E-state index contributed by atoms with van der Waals surface area (Å²) in [4.78, 5) is 19.3. The Morgan fingerprint density at radius 3 is 2.65 bits per heavy atom. The molecule has 1 fully saturated rings. The number of carbonyl (C=O) groups is 1. The molecule has 2 aliphatic heterocycles. The number of amides is 1. The van der Waals surface area contributed by atoms with E-state index in [9.17, 15) is 4.79 Å². The van der Waals surface area contributed by atoms with Crippen molar-refractivity contribution in [2.24, 2.45) is 4.99 Å². The molecule has 8 nitrogen and oxygen atoms in total. The third-order valence-corrected chi connectivity index (χ3v) is 5.09. The first-order valence-electron chi connectivity index (χ1n) is 11.0. The summed E-state index contributed by atoms with van der Waals surface area (Å²) in [6, 6.07) is -0.205. The molecule has 0 spiro atoms. The molecule has 2 unspecified atom stereocenters. The molecular formula is C22H41IN4O4. The highest BCUT2D eigenvalue weighted by atomic mass is 127. The topological polar surface area (TPSA) is 84.4 Å². The molecule has 0 aromatic rings. The van der Waals surface area contributed by atoms with E-state index in [0.29, 0.717) is 13.2 Å². The van der Waals surface area contributed by atoms with Crippen LogP contribution < -0.4 is 10.6 Å². The number of rotatable bonds is 6. The van der Waals surface area contributed by atoms with Gasteiger partial charge in [0, 0.05) is 13.1 Å². The van der Waals surface area contributed by atoms with E-state index in [2.05, 4.69) is 16.7 Å². The summed E-state index contributed by atoms with van der Waals surface area (Å²) in [5.41, 5.74) is 0.103. The lowest BCUT2D eigenvalue weighted by molar-refractivity contribution is -0.0755. The van der Waals surface area contributed by atoms with Gasteiger partial charge in [0.25, 0.3) is 0 Å². The first-order valence-corrected chi connectivity index (χ1v) is 11.0. The molecule has 2 heterocycles. The largest absolute Gasteiger partial charge is 0.444 e. The van der Waals surface area contributed by atoms with E-state index in [0.717, 1.165) is 38.5 Å². The van der Waals surface area contributed by atoms with E-state index in [1.807, 2.05) is 48.5 Å². The number of halogens is 1. The van der Waals surface area contributed by atoms with Crippen LogP contribution in [0, 0.1) is 0 Å². The molecule has 180 valence electrons. The van der Waals surface area contributed by atoms with Gasteiger partial charge in [0.05, 0.1) is 31.9 Å². The molecule has 0 saturated carbocycles. The Hall–Kier alpha value is -1.07. The lowest BCUT2D eigenvalue weighted by Crippen LogP contribution is -2.51. The molecule has 2 aliphatic rings. The van der Waals surface area contributed by atoms with Crippen molar-refractivity contribution in [3.05, 3.63) is 11.6 Å². The van der Waals surface area contributed by atoms with Crippen LogP contribution in [0.15, 0.2) is 16.6 Å². The molecule has 0 aromatic carbocycles. The van der Waals surface area contributed by atoms with Gasteiger partial charge >= 0.3 is 6.09 Å². The third kappa shape index (κ3) is 8.76. The van der Waals surface area contributed by atoms with Gasteiger partial charge in [-0.05, 0) is 61.3 Å². The van der Waals surface area contributed by atoms with Crippen molar-refractivity contribution >= 4 is 36.0 Å². The zero-order valence-electron chi connectivity index (χ0n) is 20.1. The second-order valence-corrected chi connectivity index (χ2v) is 9.27. The van der Waals surface area contributed by atoms with Gasteiger partial charge in [-0.3, -0.25) is 9.89 Å². The number of aliphatic imine (C=N–C) groups is 1. The number of nitrogens with one attached hydrogen (secondary N) is 2. The normalized spacial score (nSPS) is 23.6. The summed E-state index contributed by atoms with van der Waals surface area (Å²) in [5, 5.41) is 6.67. The van der Waals surface area contributed by atoms with Crippen LogP contribution >= 0.6 is 24.0 Å². The molecule has 2 N–H and O–H groups in total. The number of hydrogen-bond acceptors (Lipinski definition) is 5. The third-order valence-electron chi connectivity index (χ3n) is 5.09. The molecule has 1 amide bonds. The van der Waals surface area contributed by atoms with Crippen molar-refractivity contribution in [3.8, 4) is 0 Å². The minimum atomic E-state index is -0.747. The Morgan fingerprint density at radius 2 is 2.06 bits per heavy atom. The standard InChI is InChI=1S/C22H40N4O4.HI/c1-8-23-19(24-12-9-17-10-13-28-14-11-17)25-15-18-16(2)29-22(6,7)26(18)20(27)30-21(3,4)5;/h10,16,18H,8-9,11-15H2,1-7H3,(H2,23,24,25);1H. The molecule has 0 aliphatic carbocycles. The molecule has 0 bridgehead atoms. The van der Waals surface area contributed by atoms with Crippen molar-refractivity contribution in [2.75, 3.05) is 32.8 Å². The maximum absolute atomic E-state index is 12.9. The predicted molar refractivity (Wildman–Crippen MR) is 134 cm³/mol. The van der Waals surface area contributed by atoms with E-state index in [1.165, 1.54) is 5.57 Å². The van der Waals surface area contributed by atoms with Crippen LogP contribution in [0.3, 0.4) is 0 Å². The van der Waals surface area contributed by atoms with Gasteiger partial charge in [-0.25, -0.2) is 4.79 Å². The van der Waals surface area contributed by atoms with Crippen molar-refractivity contribution in [3.63, 3.8) is 0 Å². The summed E-state index contributed by atoms with van der Waals surface area (Å²) < 4.78 is 17.1. The Labute approximate surface area is 204 Å². The van der Waals surface area contributed by atoms with Crippen LogP contribution in [0.1, 0.15) is 61.3 Å². The van der Waals surface area contributed by atoms with Crippen molar-refractivity contribution in [1.29, 1.82) is 0 Å². The number of hydrogen-bond donors (Lipinski definition) is 2. The van der Waals surface area contributed by atoms with Crippen molar-refractivity contribution in [2.45, 2.75) is 84.8 Å². The SMILES string of the molecule is CCNC(=NCC1C(C)OC(C)(C)N1C(=O)OC(C)(C)C)NCCC1=CCOCC1.I. The average molecular weight is 552 g/mol. The lowest BCUT2D eigenvalue weighted by Gasteiger charge is -2.34. The van der Waals surface area contributed by atoms with E-state index in [4.69, 9.17) is 19.2 Å².